The molecule has 0 spiro atoms. The fourth-order valence-corrected chi connectivity index (χ4v) is 2.94. The summed E-state index contributed by atoms with van der Waals surface area (Å²) in [5, 5.41) is 6.29. The van der Waals surface area contributed by atoms with Gasteiger partial charge in [0, 0.05) is 6.54 Å². The van der Waals surface area contributed by atoms with Crippen LogP contribution in [0.15, 0.2) is 22.8 Å². The van der Waals surface area contributed by atoms with Gasteiger partial charge in [0.1, 0.15) is 5.76 Å². The van der Waals surface area contributed by atoms with Gasteiger partial charge in [-0.2, -0.15) is 0 Å². The topological polar surface area (TPSA) is 63.5 Å². The number of nitrogens with one attached hydrogen (secondary N) is 2. The zero-order chi connectivity index (χ0) is 13.1. The predicted octanol–water partition coefficient (Wildman–Crippen LogP) is 1.33. The highest BCUT2D eigenvalue weighted by Crippen LogP contribution is 2.28. The molecule has 3 rings (SSSR count). The molecule has 2 N–H and O–H groups in total. The Kier molecular flexibility index (Phi) is 5.46. The van der Waals surface area contributed by atoms with Gasteiger partial charge in [0.2, 0.25) is 5.91 Å². The SMILES string of the molecule is Cl.O=C(NCc1ccco1)[C@@H]1CO[C@@H]2CCNC[C@@H]2C1. The van der Waals surface area contributed by atoms with Crippen LogP contribution in [0.25, 0.3) is 0 Å². The van der Waals surface area contributed by atoms with Crippen molar-refractivity contribution in [2.45, 2.75) is 25.5 Å². The Morgan fingerprint density at radius 1 is 1.50 bits per heavy atom. The first kappa shape index (κ1) is 15.4. The second kappa shape index (κ2) is 7.11. The van der Waals surface area contributed by atoms with Crippen molar-refractivity contribution in [2.75, 3.05) is 19.7 Å². The van der Waals surface area contributed by atoms with Gasteiger partial charge in [-0.05, 0) is 37.4 Å². The fraction of sp³-hybridized carbons (Fsp3) is 0.643. The van der Waals surface area contributed by atoms with Crippen LogP contribution in [0.5, 0.6) is 0 Å². The lowest BCUT2D eigenvalue weighted by molar-refractivity contribution is -0.136. The number of ether oxygens (including phenoxy) is 1. The van der Waals surface area contributed by atoms with Crippen LogP contribution < -0.4 is 10.6 Å². The Bertz CT molecular complexity index is 424. The molecule has 0 bridgehead atoms. The number of fused-ring (bicyclic) bond motifs is 1. The Balaban J connectivity index is 0.00000147. The lowest BCUT2D eigenvalue weighted by Crippen LogP contribution is -2.49. The third kappa shape index (κ3) is 3.53. The number of amides is 1. The van der Waals surface area contributed by atoms with E-state index >= 15 is 0 Å². The van der Waals surface area contributed by atoms with E-state index in [0.717, 1.165) is 31.7 Å². The third-order valence-electron chi connectivity index (χ3n) is 4.02. The molecule has 6 heteroatoms. The highest BCUT2D eigenvalue weighted by Gasteiger charge is 2.35. The molecule has 0 unspecified atom stereocenters. The third-order valence-corrected chi connectivity index (χ3v) is 4.02. The van der Waals surface area contributed by atoms with Crippen LogP contribution in [-0.2, 0) is 16.1 Å². The Hall–Kier alpha value is -1.04. The molecule has 2 saturated heterocycles. The van der Waals surface area contributed by atoms with Crippen LogP contribution in [0.1, 0.15) is 18.6 Å². The average molecular weight is 301 g/mol. The number of carbonyl (C=O) groups excluding carboxylic acids is 1. The fourth-order valence-electron chi connectivity index (χ4n) is 2.94. The molecule has 0 radical (unpaired) electrons. The Morgan fingerprint density at radius 3 is 3.20 bits per heavy atom. The average Bonchev–Trinajstić information content (AvgIpc) is 2.97. The Labute approximate surface area is 124 Å². The number of carbonyl (C=O) groups is 1. The minimum atomic E-state index is -0.0314. The van der Waals surface area contributed by atoms with Gasteiger partial charge in [-0.1, -0.05) is 0 Å². The summed E-state index contributed by atoms with van der Waals surface area (Å²) in [4.78, 5) is 12.1. The van der Waals surface area contributed by atoms with E-state index in [4.69, 9.17) is 9.15 Å². The summed E-state index contributed by atoms with van der Waals surface area (Å²) >= 11 is 0. The number of rotatable bonds is 3. The first-order valence-electron chi connectivity index (χ1n) is 6.95. The molecule has 0 aromatic carbocycles. The number of halogens is 1. The van der Waals surface area contributed by atoms with Gasteiger partial charge in [-0.15, -0.1) is 12.4 Å². The zero-order valence-corrected chi connectivity index (χ0v) is 12.2. The molecule has 0 saturated carbocycles. The largest absolute Gasteiger partial charge is 0.467 e. The number of hydrogen-bond acceptors (Lipinski definition) is 4. The van der Waals surface area contributed by atoms with E-state index in [1.54, 1.807) is 6.26 Å². The molecule has 5 nitrogen and oxygen atoms in total. The molecule has 1 amide bonds. The lowest BCUT2D eigenvalue weighted by atomic mass is 9.84. The second-order valence-electron chi connectivity index (χ2n) is 5.35. The van der Waals surface area contributed by atoms with Gasteiger partial charge >= 0.3 is 0 Å². The summed E-state index contributed by atoms with van der Waals surface area (Å²) in [6, 6.07) is 3.68. The monoisotopic (exact) mass is 300 g/mol. The van der Waals surface area contributed by atoms with E-state index in [2.05, 4.69) is 10.6 Å². The van der Waals surface area contributed by atoms with E-state index in [0.29, 0.717) is 25.2 Å². The summed E-state index contributed by atoms with van der Waals surface area (Å²) in [5.74, 6) is 1.29. The molecule has 20 heavy (non-hydrogen) atoms. The van der Waals surface area contributed by atoms with E-state index in [1.807, 2.05) is 12.1 Å². The quantitative estimate of drug-likeness (QED) is 0.884. The van der Waals surface area contributed by atoms with Gasteiger partial charge in [-0.3, -0.25) is 4.79 Å². The van der Waals surface area contributed by atoms with Gasteiger partial charge in [0.25, 0.3) is 0 Å². The minimum Gasteiger partial charge on any atom is -0.467 e. The molecular weight excluding hydrogens is 280 g/mol. The van der Waals surface area contributed by atoms with Crippen LogP contribution in [0.4, 0.5) is 0 Å². The van der Waals surface area contributed by atoms with Crippen molar-refractivity contribution >= 4 is 18.3 Å². The van der Waals surface area contributed by atoms with Crippen LogP contribution in [0, 0.1) is 11.8 Å². The number of hydrogen-bond donors (Lipinski definition) is 2. The van der Waals surface area contributed by atoms with Crippen molar-refractivity contribution in [3.63, 3.8) is 0 Å². The van der Waals surface area contributed by atoms with Crippen LogP contribution in [0.2, 0.25) is 0 Å². The van der Waals surface area contributed by atoms with Gasteiger partial charge in [0.15, 0.2) is 0 Å². The zero-order valence-electron chi connectivity index (χ0n) is 11.3. The van der Waals surface area contributed by atoms with Crippen molar-refractivity contribution in [2.24, 2.45) is 11.8 Å². The standard InChI is InChI=1S/C14H20N2O3.ClH/c17-14(16-8-12-2-1-5-18-12)11-6-10-7-15-4-3-13(10)19-9-11;/h1-2,5,10-11,13,15H,3-4,6-9H2,(H,16,17);1H/t10-,11-,13+;/m0./s1. The highest BCUT2D eigenvalue weighted by atomic mass is 35.5. The van der Waals surface area contributed by atoms with Crippen LogP contribution in [-0.4, -0.2) is 31.7 Å². The summed E-state index contributed by atoms with van der Waals surface area (Å²) in [5.41, 5.74) is 0. The number of piperidine rings is 1. The van der Waals surface area contributed by atoms with Gasteiger partial charge < -0.3 is 19.8 Å². The maximum absolute atomic E-state index is 12.1. The smallest absolute Gasteiger partial charge is 0.225 e. The molecule has 112 valence electrons. The molecule has 1 aromatic heterocycles. The molecule has 3 atom stereocenters. The highest BCUT2D eigenvalue weighted by molar-refractivity contribution is 5.85. The first-order chi connectivity index (χ1) is 9.33. The molecule has 2 fully saturated rings. The summed E-state index contributed by atoms with van der Waals surface area (Å²) < 4.78 is 11.0. The van der Waals surface area contributed by atoms with Crippen molar-refractivity contribution in [3.05, 3.63) is 24.2 Å². The molecule has 0 aliphatic carbocycles. The van der Waals surface area contributed by atoms with E-state index in [1.165, 1.54) is 0 Å². The van der Waals surface area contributed by atoms with Gasteiger partial charge in [-0.25, -0.2) is 0 Å². The Morgan fingerprint density at radius 2 is 2.40 bits per heavy atom. The predicted molar refractivity (Wildman–Crippen MR) is 76.6 cm³/mol. The van der Waals surface area contributed by atoms with Crippen molar-refractivity contribution < 1.29 is 13.9 Å². The number of furan rings is 1. The van der Waals surface area contributed by atoms with Crippen LogP contribution in [0.3, 0.4) is 0 Å². The first-order valence-corrected chi connectivity index (χ1v) is 6.95. The summed E-state index contributed by atoms with van der Waals surface area (Å²) in [6.45, 7) is 2.99. The van der Waals surface area contributed by atoms with Gasteiger partial charge in [0.05, 0.1) is 31.4 Å². The van der Waals surface area contributed by atoms with Crippen LogP contribution >= 0.6 is 12.4 Å². The molecule has 2 aliphatic heterocycles. The van der Waals surface area contributed by atoms with E-state index in [-0.39, 0.29) is 24.2 Å². The second-order valence-corrected chi connectivity index (χ2v) is 5.35. The van der Waals surface area contributed by atoms with Crippen molar-refractivity contribution in [3.8, 4) is 0 Å². The normalized spacial score (nSPS) is 29.1. The summed E-state index contributed by atoms with van der Waals surface area (Å²) in [7, 11) is 0. The maximum Gasteiger partial charge on any atom is 0.225 e. The molecule has 1 aromatic rings. The minimum absolute atomic E-state index is 0. The van der Waals surface area contributed by atoms with Crippen molar-refractivity contribution in [1.29, 1.82) is 0 Å². The maximum atomic E-state index is 12.1. The molecular formula is C14H21ClN2O3. The molecule has 2 aliphatic rings. The lowest BCUT2D eigenvalue weighted by Gasteiger charge is -2.38. The molecule has 3 heterocycles. The van der Waals surface area contributed by atoms with E-state index in [9.17, 15) is 4.79 Å². The van der Waals surface area contributed by atoms with E-state index < -0.39 is 0 Å². The van der Waals surface area contributed by atoms with Crippen molar-refractivity contribution in [1.82, 2.24) is 10.6 Å². The summed E-state index contributed by atoms with van der Waals surface area (Å²) in [6.07, 6.45) is 3.94.